The largest absolute Gasteiger partial charge is 0.485 e. The van der Waals surface area contributed by atoms with E-state index >= 15 is 0 Å². The fourth-order valence-electron chi connectivity index (χ4n) is 1.93. The summed E-state index contributed by atoms with van der Waals surface area (Å²) in [6.45, 7) is 3.98. The average Bonchev–Trinajstić information content (AvgIpc) is 2.39. The molecule has 3 N–H and O–H groups in total. The van der Waals surface area contributed by atoms with Crippen LogP contribution in [0.2, 0.25) is 0 Å². The smallest absolute Gasteiger partial charge is 0.131 e. The van der Waals surface area contributed by atoms with E-state index in [4.69, 9.17) is 15.9 Å². The zero-order chi connectivity index (χ0) is 13.8. The number of nitrogens with two attached hydrogens (primary N) is 1. The van der Waals surface area contributed by atoms with Crippen LogP contribution in [0.1, 0.15) is 29.7 Å². The Morgan fingerprint density at radius 3 is 2.47 bits per heavy atom. The van der Waals surface area contributed by atoms with Crippen LogP contribution in [0, 0.1) is 12.3 Å². The second-order valence-corrected chi connectivity index (χ2v) is 4.58. The van der Waals surface area contributed by atoms with Gasteiger partial charge in [-0.25, -0.2) is 0 Å². The molecule has 0 heterocycles. The van der Waals surface area contributed by atoms with Crippen molar-refractivity contribution in [3.8, 4) is 5.75 Å². The van der Waals surface area contributed by atoms with E-state index in [1.807, 2.05) is 62.4 Å². The highest BCUT2D eigenvalue weighted by Crippen LogP contribution is 2.26. The summed E-state index contributed by atoms with van der Waals surface area (Å²) in [6.07, 6.45) is -0.0823. The number of benzene rings is 2. The first kappa shape index (κ1) is 13.1. The SMILES string of the molecule is Cc1ccc(C(=N)N)c(OC(C)c2ccccc2)c1. The molecule has 0 saturated heterocycles. The van der Waals surface area contributed by atoms with Crippen LogP contribution in [-0.2, 0) is 0 Å². The minimum atomic E-state index is -0.0823. The van der Waals surface area contributed by atoms with Crippen LogP contribution in [0.15, 0.2) is 48.5 Å². The molecule has 2 aromatic rings. The molecule has 2 aromatic carbocycles. The van der Waals surface area contributed by atoms with Crippen molar-refractivity contribution in [2.45, 2.75) is 20.0 Å². The van der Waals surface area contributed by atoms with E-state index < -0.39 is 0 Å². The predicted molar refractivity (Wildman–Crippen MR) is 77.7 cm³/mol. The van der Waals surface area contributed by atoms with Crippen LogP contribution in [0.3, 0.4) is 0 Å². The number of hydrogen-bond donors (Lipinski definition) is 2. The van der Waals surface area contributed by atoms with Crippen LogP contribution >= 0.6 is 0 Å². The van der Waals surface area contributed by atoms with Gasteiger partial charge in [-0.2, -0.15) is 0 Å². The van der Waals surface area contributed by atoms with E-state index in [1.165, 1.54) is 0 Å². The summed E-state index contributed by atoms with van der Waals surface area (Å²) in [7, 11) is 0. The molecule has 0 aliphatic heterocycles. The Labute approximate surface area is 113 Å². The van der Waals surface area contributed by atoms with Crippen LogP contribution in [0.25, 0.3) is 0 Å². The number of nitrogen functional groups attached to an aromatic ring is 1. The van der Waals surface area contributed by atoms with Crippen molar-refractivity contribution >= 4 is 5.84 Å². The monoisotopic (exact) mass is 254 g/mol. The number of ether oxygens (including phenoxy) is 1. The highest BCUT2D eigenvalue weighted by Gasteiger charge is 2.12. The molecule has 3 heteroatoms. The highest BCUT2D eigenvalue weighted by molar-refractivity contribution is 5.97. The first-order valence-corrected chi connectivity index (χ1v) is 6.24. The normalized spacial score (nSPS) is 11.9. The lowest BCUT2D eigenvalue weighted by molar-refractivity contribution is 0.226. The van der Waals surface area contributed by atoms with Gasteiger partial charge in [-0.05, 0) is 37.1 Å². The van der Waals surface area contributed by atoms with Gasteiger partial charge in [0.2, 0.25) is 0 Å². The van der Waals surface area contributed by atoms with Gasteiger partial charge in [0.05, 0.1) is 5.56 Å². The zero-order valence-corrected chi connectivity index (χ0v) is 11.2. The summed E-state index contributed by atoms with van der Waals surface area (Å²) < 4.78 is 5.95. The number of nitrogens with one attached hydrogen (secondary N) is 1. The van der Waals surface area contributed by atoms with Crippen molar-refractivity contribution in [2.75, 3.05) is 0 Å². The Kier molecular flexibility index (Phi) is 3.85. The maximum absolute atomic E-state index is 7.59. The molecule has 0 radical (unpaired) electrons. The molecule has 0 aromatic heterocycles. The second-order valence-electron chi connectivity index (χ2n) is 4.58. The number of hydrogen-bond acceptors (Lipinski definition) is 2. The second kappa shape index (κ2) is 5.57. The van der Waals surface area contributed by atoms with Gasteiger partial charge >= 0.3 is 0 Å². The molecule has 0 saturated carbocycles. The maximum Gasteiger partial charge on any atom is 0.131 e. The first-order valence-electron chi connectivity index (χ1n) is 6.24. The summed E-state index contributed by atoms with van der Waals surface area (Å²) >= 11 is 0. The summed E-state index contributed by atoms with van der Waals surface area (Å²) in [6, 6.07) is 15.7. The Bertz CT molecular complexity index is 579. The maximum atomic E-state index is 7.59. The third-order valence-corrected chi connectivity index (χ3v) is 3.00. The van der Waals surface area contributed by atoms with Gasteiger partial charge in [-0.3, -0.25) is 5.41 Å². The van der Waals surface area contributed by atoms with E-state index in [-0.39, 0.29) is 11.9 Å². The fraction of sp³-hybridized carbons (Fsp3) is 0.188. The molecule has 19 heavy (non-hydrogen) atoms. The molecule has 0 bridgehead atoms. The van der Waals surface area contributed by atoms with Gasteiger partial charge in [-0.15, -0.1) is 0 Å². The van der Waals surface area contributed by atoms with Gasteiger partial charge < -0.3 is 10.5 Å². The summed E-state index contributed by atoms with van der Waals surface area (Å²) in [4.78, 5) is 0. The molecular formula is C16H18N2O. The molecule has 2 rings (SSSR count). The zero-order valence-electron chi connectivity index (χ0n) is 11.2. The molecule has 0 fully saturated rings. The van der Waals surface area contributed by atoms with Crippen molar-refractivity contribution in [3.63, 3.8) is 0 Å². The first-order chi connectivity index (χ1) is 9.08. The van der Waals surface area contributed by atoms with Gasteiger partial charge in [0, 0.05) is 0 Å². The minimum Gasteiger partial charge on any atom is -0.485 e. The fourth-order valence-corrected chi connectivity index (χ4v) is 1.93. The number of rotatable bonds is 4. The Balaban J connectivity index is 2.28. The Morgan fingerprint density at radius 1 is 1.16 bits per heavy atom. The van der Waals surface area contributed by atoms with E-state index in [1.54, 1.807) is 0 Å². The third kappa shape index (κ3) is 3.13. The van der Waals surface area contributed by atoms with E-state index in [0.717, 1.165) is 11.1 Å². The van der Waals surface area contributed by atoms with Crippen molar-refractivity contribution < 1.29 is 4.74 Å². The Morgan fingerprint density at radius 2 is 1.84 bits per heavy atom. The van der Waals surface area contributed by atoms with Crippen LogP contribution in [0.5, 0.6) is 5.75 Å². The molecule has 3 nitrogen and oxygen atoms in total. The van der Waals surface area contributed by atoms with E-state index in [2.05, 4.69) is 0 Å². The van der Waals surface area contributed by atoms with Crippen LogP contribution in [0.4, 0.5) is 0 Å². The molecule has 0 aliphatic carbocycles. The number of aryl methyl sites for hydroxylation is 1. The summed E-state index contributed by atoms with van der Waals surface area (Å²) in [5, 5.41) is 7.59. The Hall–Kier alpha value is -2.29. The van der Waals surface area contributed by atoms with Crippen molar-refractivity contribution in [3.05, 3.63) is 65.2 Å². The summed E-state index contributed by atoms with van der Waals surface area (Å²) in [5.41, 5.74) is 8.39. The van der Waals surface area contributed by atoms with Crippen molar-refractivity contribution in [1.82, 2.24) is 0 Å². The topological polar surface area (TPSA) is 59.1 Å². The predicted octanol–water partition coefficient (Wildman–Crippen LogP) is 3.42. The molecule has 0 amide bonds. The third-order valence-electron chi connectivity index (χ3n) is 3.00. The molecule has 98 valence electrons. The van der Waals surface area contributed by atoms with Crippen molar-refractivity contribution in [1.29, 1.82) is 5.41 Å². The molecule has 1 unspecified atom stereocenters. The van der Waals surface area contributed by atoms with E-state index in [9.17, 15) is 0 Å². The minimum absolute atomic E-state index is 0.0234. The highest BCUT2D eigenvalue weighted by atomic mass is 16.5. The molecular weight excluding hydrogens is 236 g/mol. The average molecular weight is 254 g/mol. The lowest BCUT2D eigenvalue weighted by atomic mass is 10.1. The molecule has 1 atom stereocenters. The van der Waals surface area contributed by atoms with Gasteiger partial charge in [0.1, 0.15) is 17.7 Å². The number of amidine groups is 1. The standard InChI is InChI=1S/C16H18N2O/c1-11-8-9-14(16(17)18)15(10-11)19-12(2)13-6-4-3-5-7-13/h3-10,12H,1-2H3,(H3,17,18). The molecule has 0 aliphatic rings. The van der Waals surface area contributed by atoms with Gasteiger partial charge in [0.15, 0.2) is 0 Å². The quantitative estimate of drug-likeness (QED) is 0.648. The van der Waals surface area contributed by atoms with Gasteiger partial charge in [0.25, 0.3) is 0 Å². The lowest BCUT2D eigenvalue weighted by Gasteiger charge is -2.18. The van der Waals surface area contributed by atoms with Crippen LogP contribution < -0.4 is 10.5 Å². The van der Waals surface area contributed by atoms with Crippen molar-refractivity contribution in [2.24, 2.45) is 5.73 Å². The molecule has 0 spiro atoms. The summed E-state index contributed by atoms with van der Waals surface area (Å²) in [5.74, 6) is 0.680. The van der Waals surface area contributed by atoms with E-state index in [0.29, 0.717) is 11.3 Å². The lowest BCUT2D eigenvalue weighted by Crippen LogP contribution is -2.14. The van der Waals surface area contributed by atoms with Crippen LogP contribution in [-0.4, -0.2) is 5.84 Å². The van der Waals surface area contributed by atoms with Gasteiger partial charge in [-0.1, -0.05) is 36.4 Å².